The van der Waals surface area contributed by atoms with Crippen molar-refractivity contribution in [1.29, 1.82) is 0 Å². The molecule has 2 unspecified atom stereocenters. The van der Waals surface area contributed by atoms with Gasteiger partial charge in [0.1, 0.15) is 12.0 Å². The van der Waals surface area contributed by atoms with Crippen LogP contribution in [0.25, 0.3) is 0 Å². The van der Waals surface area contributed by atoms with Gasteiger partial charge in [-0.05, 0) is 12.0 Å². The van der Waals surface area contributed by atoms with E-state index in [2.05, 4.69) is 10.3 Å². The minimum Gasteiger partial charge on any atom is -0.496 e. The van der Waals surface area contributed by atoms with Gasteiger partial charge in [0.2, 0.25) is 5.89 Å². The van der Waals surface area contributed by atoms with Gasteiger partial charge in [-0.1, -0.05) is 38.5 Å². The first kappa shape index (κ1) is 17.0. The number of aromatic nitrogens is 1. The van der Waals surface area contributed by atoms with E-state index in [0.717, 1.165) is 17.7 Å². The maximum absolute atomic E-state index is 12.2. The SMILES string of the molecule is CCC(C)C(N)c1nc(C(=O)NCc2ccccc2OC)co1. The van der Waals surface area contributed by atoms with Crippen molar-refractivity contribution >= 4 is 5.91 Å². The summed E-state index contributed by atoms with van der Waals surface area (Å²) in [4.78, 5) is 16.4. The molecule has 3 N–H and O–H groups in total. The zero-order valence-corrected chi connectivity index (χ0v) is 13.7. The molecule has 2 aromatic rings. The molecule has 0 aliphatic heterocycles. The fourth-order valence-corrected chi connectivity index (χ4v) is 2.16. The summed E-state index contributed by atoms with van der Waals surface area (Å²) >= 11 is 0. The molecule has 1 aromatic heterocycles. The quantitative estimate of drug-likeness (QED) is 0.819. The Kier molecular flexibility index (Phi) is 5.76. The standard InChI is InChI=1S/C17H23N3O3/c1-4-11(2)15(18)17-20-13(10-23-17)16(21)19-9-12-7-5-6-8-14(12)22-3/h5-8,10-11,15H,4,9,18H2,1-3H3,(H,19,21). The van der Waals surface area contributed by atoms with Crippen molar-refractivity contribution in [2.24, 2.45) is 11.7 Å². The van der Waals surface area contributed by atoms with Crippen LogP contribution in [-0.2, 0) is 6.54 Å². The molecule has 0 radical (unpaired) electrons. The van der Waals surface area contributed by atoms with Crippen molar-refractivity contribution < 1.29 is 13.9 Å². The Morgan fingerprint density at radius 1 is 1.43 bits per heavy atom. The molecule has 0 aliphatic rings. The minimum absolute atomic E-state index is 0.230. The number of nitrogens with two attached hydrogens (primary N) is 1. The van der Waals surface area contributed by atoms with Crippen LogP contribution < -0.4 is 15.8 Å². The van der Waals surface area contributed by atoms with Crippen LogP contribution in [0.1, 0.15) is 48.3 Å². The Labute approximate surface area is 136 Å². The van der Waals surface area contributed by atoms with E-state index >= 15 is 0 Å². The lowest BCUT2D eigenvalue weighted by atomic mass is 10.0. The second-order valence-corrected chi connectivity index (χ2v) is 5.48. The second kappa shape index (κ2) is 7.78. The molecule has 1 amide bonds. The summed E-state index contributed by atoms with van der Waals surface area (Å²) in [6.45, 7) is 4.42. The molecular formula is C17H23N3O3. The molecule has 23 heavy (non-hydrogen) atoms. The number of carbonyl (C=O) groups excluding carboxylic acids is 1. The average Bonchev–Trinajstić information content (AvgIpc) is 3.08. The molecule has 124 valence electrons. The number of methoxy groups -OCH3 is 1. The summed E-state index contributed by atoms with van der Waals surface area (Å²) in [7, 11) is 1.60. The molecular weight excluding hydrogens is 294 g/mol. The second-order valence-electron chi connectivity index (χ2n) is 5.48. The zero-order chi connectivity index (χ0) is 16.8. The van der Waals surface area contributed by atoms with Crippen LogP contribution in [0.15, 0.2) is 34.9 Å². The van der Waals surface area contributed by atoms with E-state index in [-0.39, 0.29) is 23.6 Å². The highest BCUT2D eigenvalue weighted by molar-refractivity contribution is 5.91. The third-order valence-corrected chi connectivity index (χ3v) is 3.93. The molecule has 2 rings (SSSR count). The monoisotopic (exact) mass is 317 g/mol. The number of hydrogen-bond donors (Lipinski definition) is 2. The van der Waals surface area contributed by atoms with Crippen LogP contribution in [0.3, 0.4) is 0 Å². The van der Waals surface area contributed by atoms with Crippen molar-refractivity contribution in [3.8, 4) is 5.75 Å². The van der Waals surface area contributed by atoms with Gasteiger partial charge in [-0.25, -0.2) is 4.98 Å². The topological polar surface area (TPSA) is 90.4 Å². The Morgan fingerprint density at radius 3 is 2.87 bits per heavy atom. The van der Waals surface area contributed by atoms with Gasteiger partial charge in [-0.2, -0.15) is 0 Å². The van der Waals surface area contributed by atoms with E-state index in [4.69, 9.17) is 14.9 Å². The number of nitrogens with one attached hydrogen (secondary N) is 1. The summed E-state index contributed by atoms with van der Waals surface area (Å²) in [6, 6.07) is 7.21. The largest absolute Gasteiger partial charge is 0.496 e. The maximum atomic E-state index is 12.2. The maximum Gasteiger partial charge on any atom is 0.273 e. The van der Waals surface area contributed by atoms with E-state index < -0.39 is 0 Å². The summed E-state index contributed by atoms with van der Waals surface area (Å²) in [5.74, 6) is 1.05. The van der Waals surface area contributed by atoms with Gasteiger partial charge in [0.05, 0.1) is 13.2 Å². The predicted molar refractivity (Wildman–Crippen MR) is 87.1 cm³/mol. The first-order valence-electron chi connectivity index (χ1n) is 7.67. The van der Waals surface area contributed by atoms with Gasteiger partial charge in [-0.15, -0.1) is 0 Å². The number of carbonyl (C=O) groups is 1. The van der Waals surface area contributed by atoms with E-state index in [1.165, 1.54) is 6.26 Å². The highest BCUT2D eigenvalue weighted by atomic mass is 16.5. The molecule has 1 heterocycles. The number of hydrogen-bond acceptors (Lipinski definition) is 5. The van der Waals surface area contributed by atoms with Crippen LogP contribution in [-0.4, -0.2) is 18.0 Å². The molecule has 0 fully saturated rings. The molecule has 0 saturated carbocycles. The van der Waals surface area contributed by atoms with Crippen LogP contribution in [0.2, 0.25) is 0 Å². The summed E-state index contributed by atoms with van der Waals surface area (Å²) in [5.41, 5.74) is 7.18. The number of oxazole rings is 1. The molecule has 1 aromatic carbocycles. The molecule has 0 aliphatic carbocycles. The first-order chi connectivity index (χ1) is 11.1. The van der Waals surface area contributed by atoms with Crippen molar-refractivity contribution in [2.45, 2.75) is 32.9 Å². The highest BCUT2D eigenvalue weighted by Gasteiger charge is 2.20. The molecule has 6 heteroatoms. The average molecular weight is 317 g/mol. The summed E-state index contributed by atoms with van der Waals surface area (Å²) in [5, 5.41) is 2.80. The normalized spacial score (nSPS) is 13.4. The number of rotatable bonds is 7. The van der Waals surface area contributed by atoms with Gasteiger partial charge < -0.3 is 20.2 Å². The lowest BCUT2D eigenvalue weighted by molar-refractivity contribution is 0.0945. The molecule has 0 spiro atoms. The van der Waals surface area contributed by atoms with E-state index in [1.54, 1.807) is 7.11 Å². The van der Waals surface area contributed by atoms with Crippen molar-refractivity contribution in [2.75, 3.05) is 7.11 Å². The van der Waals surface area contributed by atoms with Gasteiger partial charge in [-0.3, -0.25) is 4.79 Å². The van der Waals surface area contributed by atoms with Crippen molar-refractivity contribution in [3.63, 3.8) is 0 Å². The number of ether oxygens (including phenoxy) is 1. The Morgan fingerprint density at radius 2 is 2.17 bits per heavy atom. The fraction of sp³-hybridized carbons (Fsp3) is 0.412. The summed E-state index contributed by atoms with van der Waals surface area (Å²) in [6.07, 6.45) is 2.26. The van der Waals surface area contributed by atoms with Crippen molar-refractivity contribution in [1.82, 2.24) is 10.3 Å². The van der Waals surface area contributed by atoms with Gasteiger partial charge in [0.15, 0.2) is 5.69 Å². The number of benzene rings is 1. The van der Waals surface area contributed by atoms with E-state index in [9.17, 15) is 4.79 Å². The number of nitrogens with zero attached hydrogens (tertiary/aromatic N) is 1. The van der Waals surface area contributed by atoms with Crippen LogP contribution in [0, 0.1) is 5.92 Å². The fourth-order valence-electron chi connectivity index (χ4n) is 2.16. The molecule has 0 bridgehead atoms. The molecule has 0 saturated heterocycles. The van der Waals surface area contributed by atoms with Crippen LogP contribution in [0.4, 0.5) is 0 Å². The lowest BCUT2D eigenvalue weighted by Crippen LogP contribution is -2.24. The number of para-hydroxylation sites is 1. The first-order valence-corrected chi connectivity index (χ1v) is 7.67. The highest BCUT2D eigenvalue weighted by Crippen LogP contribution is 2.21. The number of amides is 1. The summed E-state index contributed by atoms with van der Waals surface area (Å²) < 4.78 is 10.6. The lowest BCUT2D eigenvalue weighted by Gasteiger charge is -2.13. The third kappa shape index (κ3) is 4.10. The zero-order valence-electron chi connectivity index (χ0n) is 13.7. The molecule has 6 nitrogen and oxygen atoms in total. The van der Waals surface area contributed by atoms with Gasteiger partial charge in [0.25, 0.3) is 5.91 Å². The smallest absolute Gasteiger partial charge is 0.273 e. The van der Waals surface area contributed by atoms with Crippen LogP contribution in [0.5, 0.6) is 5.75 Å². The predicted octanol–water partition coefficient (Wildman–Crippen LogP) is 2.66. The van der Waals surface area contributed by atoms with E-state index in [1.807, 2.05) is 38.1 Å². The van der Waals surface area contributed by atoms with Gasteiger partial charge in [0, 0.05) is 12.1 Å². The van der Waals surface area contributed by atoms with Gasteiger partial charge >= 0.3 is 0 Å². The minimum atomic E-state index is -0.309. The van der Waals surface area contributed by atoms with E-state index in [0.29, 0.717) is 12.4 Å². The Balaban J connectivity index is 2.00. The Bertz CT molecular complexity index is 654. The van der Waals surface area contributed by atoms with Crippen molar-refractivity contribution in [3.05, 3.63) is 47.7 Å². The van der Waals surface area contributed by atoms with Crippen LogP contribution >= 0.6 is 0 Å². The molecule has 2 atom stereocenters. The Hall–Kier alpha value is -2.34. The third-order valence-electron chi connectivity index (χ3n) is 3.93.